The number of piperidine rings is 1. The first-order chi connectivity index (χ1) is 15.0. The molecular formula is C24H27N5O2. The fourth-order valence-electron chi connectivity index (χ4n) is 4.88. The number of carbonyl (C=O) groups is 2. The number of aromatic nitrogens is 3. The lowest BCUT2D eigenvalue weighted by Crippen LogP contribution is -2.45. The number of rotatable bonds is 2. The SMILES string of the molecule is Cc1nn(C)c2ncc(C(=O)N3CCC(C(=O)N4CCc5ccccc5C4)CC3)cc12. The van der Waals surface area contributed by atoms with Gasteiger partial charge in [0.2, 0.25) is 5.91 Å². The van der Waals surface area contributed by atoms with Crippen molar-refractivity contribution in [3.8, 4) is 0 Å². The minimum Gasteiger partial charge on any atom is -0.339 e. The average Bonchev–Trinajstić information content (AvgIpc) is 3.10. The van der Waals surface area contributed by atoms with Crippen LogP contribution in [-0.2, 0) is 24.8 Å². The number of carbonyl (C=O) groups excluding carboxylic acids is 2. The third kappa shape index (κ3) is 3.58. The van der Waals surface area contributed by atoms with Gasteiger partial charge in [0.1, 0.15) is 0 Å². The summed E-state index contributed by atoms with van der Waals surface area (Å²) in [5, 5.41) is 5.28. The molecule has 2 amide bonds. The summed E-state index contributed by atoms with van der Waals surface area (Å²) in [4.78, 5) is 34.4. The molecule has 2 aliphatic rings. The molecule has 160 valence electrons. The lowest BCUT2D eigenvalue weighted by atomic mass is 9.92. The van der Waals surface area contributed by atoms with E-state index < -0.39 is 0 Å². The molecule has 7 heteroatoms. The molecule has 2 aromatic heterocycles. The minimum atomic E-state index is -0.0181. The number of amides is 2. The van der Waals surface area contributed by atoms with Crippen molar-refractivity contribution in [2.45, 2.75) is 32.7 Å². The molecule has 7 nitrogen and oxygen atoms in total. The second-order valence-electron chi connectivity index (χ2n) is 8.65. The van der Waals surface area contributed by atoms with Crippen LogP contribution in [0.4, 0.5) is 0 Å². The van der Waals surface area contributed by atoms with Gasteiger partial charge >= 0.3 is 0 Å². The Balaban J connectivity index is 1.23. The fourth-order valence-corrected chi connectivity index (χ4v) is 4.88. The summed E-state index contributed by atoms with van der Waals surface area (Å²) in [7, 11) is 1.85. The van der Waals surface area contributed by atoms with Crippen LogP contribution in [0.1, 0.15) is 40.0 Å². The van der Waals surface area contributed by atoms with Crippen molar-refractivity contribution in [3.05, 3.63) is 58.9 Å². The molecule has 0 bridgehead atoms. The van der Waals surface area contributed by atoms with Crippen molar-refractivity contribution in [2.24, 2.45) is 13.0 Å². The smallest absolute Gasteiger partial charge is 0.255 e. The number of pyridine rings is 1. The maximum Gasteiger partial charge on any atom is 0.255 e. The first-order valence-corrected chi connectivity index (χ1v) is 11.0. The molecule has 1 aromatic carbocycles. The summed E-state index contributed by atoms with van der Waals surface area (Å²) in [6, 6.07) is 10.3. The highest BCUT2D eigenvalue weighted by Crippen LogP contribution is 2.26. The second kappa shape index (κ2) is 7.80. The van der Waals surface area contributed by atoms with E-state index in [2.05, 4.69) is 28.3 Å². The predicted molar refractivity (Wildman–Crippen MR) is 117 cm³/mol. The van der Waals surface area contributed by atoms with Crippen molar-refractivity contribution in [1.29, 1.82) is 0 Å². The van der Waals surface area contributed by atoms with E-state index in [0.717, 1.165) is 29.7 Å². The monoisotopic (exact) mass is 417 g/mol. The molecular weight excluding hydrogens is 390 g/mol. The van der Waals surface area contributed by atoms with Gasteiger partial charge in [0, 0.05) is 50.7 Å². The first kappa shape index (κ1) is 19.7. The van der Waals surface area contributed by atoms with Crippen molar-refractivity contribution in [2.75, 3.05) is 19.6 Å². The Morgan fingerprint density at radius 1 is 1.03 bits per heavy atom. The Morgan fingerprint density at radius 3 is 2.55 bits per heavy atom. The zero-order valence-electron chi connectivity index (χ0n) is 18.0. The van der Waals surface area contributed by atoms with Gasteiger partial charge in [0.05, 0.1) is 11.3 Å². The van der Waals surface area contributed by atoms with Gasteiger partial charge in [-0.25, -0.2) is 4.98 Å². The van der Waals surface area contributed by atoms with Gasteiger partial charge in [0.15, 0.2) is 5.65 Å². The summed E-state index contributed by atoms with van der Waals surface area (Å²) >= 11 is 0. The summed E-state index contributed by atoms with van der Waals surface area (Å²) in [6.45, 7) is 4.61. The number of aryl methyl sites for hydroxylation is 2. The van der Waals surface area contributed by atoms with Crippen LogP contribution in [0.2, 0.25) is 0 Å². The molecule has 0 saturated carbocycles. The predicted octanol–water partition coefficient (Wildman–Crippen LogP) is 2.71. The molecule has 2 aliphatic heterocycles. The molecule has 1 saturated heterocycles. The first-order valence-electron chi connectivity index (χ1n) is 11.0. The summed E-state index contributed by atoms with van der Waals surface area (Å²) in [5.41, 5.74) is 4.83. The van der Waals surface area contributed by atoms with Gasteiger partial charge in [-0.05, 0) is 43.4 Å². The number of likely N-dealkylation sites (tertiary alicyclic amines) is 1. The molecule has 31 heavy (non-hydrogen) atoms. The lowest BCUT2D eigenvalue weighted by Gasteiger charge is -2.36. The van der Waals surface area contributed by atoms with Gasteiger partial charge in [-0.2, -0.15) is 5.10 Å². The highest BCUT2D eigenvalue weighted by molar-refractivity contribution is 5.97. The summed E-state index contributed by atoms with van der Waals surface area (Å²) < 4.78 is 1.73. The van der Waals surface area contributed by atoms with Crippen molar-refractivity contribution in [3.63, 3.8) is 0 Å². The van der Waals surface area contributed by atoms with E-state index in [1.165, 1.54) is 11.1 Å². The molecule has 0 N–H and O–H groups in total. The molecule has 0 unspecified atom stereocenters. The number of hydrogen-bond acceptors (Lipinski definition) is 4. The maximum absolute atomic E-state index is 13.1. The molecule has 3 aromatic rings. The van der Waals surface area contributed by atoms with Crippen LogP contribution in [0.15, 0.2) is 36.5 Å². The Morgan fingerprint density at radius 2 is 1.77 bits per heavy atom. The van der Waals surface area contributed by atoms with Crippen molar-refractivity contribution < 1.29 is 9.59 Å². The average molecular weight is 418 g/mol. The van der Waals surface area contributed by atoms with Crippen molar-refractivity contribution in [1.82, 2.24) is 24.6 Å². The largest absolute Gasteiger partial charge is 0.339 e. The molecule has 0 atom stereocenters. The van der Waals surface area contributed by atoms with E-state index in [4.69, 9.17) is 0 Å². The van der Waals surface area contributed by atoms with E-state index in [9.17, 15) is 9.59 Å². The Labute approximate surface area is 181 Å². The number of fused-ring (bicyclic) bond motifs is 2. The molecule has 0 spiro atoms. The van der Waals surface area contributed by atoms with Crippen LogP contribution in [0.25, 0.3) is 11.0 Å². The lowest BCUT2D eigenvalue weighted by molar-refractivity contribution is -0.137. The highest BCUT2D eigenvalue weighted by atomic mass is 16.2. The quantitative estimate of drug-likeness (QED) is 0.643. The van der Waals surface area contributed by atoms with Crippen LogP contribution >= 0.6 is 0 Å². The van der Waals surface area contributed by atoms with E-state index in [-0.39, 0.29) is 17.7 Å². The van der Waals surface area contributed by atoms with Crippen LogP contribution in [-0.4, -0.2) is 56.0 Å². The highest BCUT2D eigenvalue weighted by Gasteiger charge is 2.32. The topological polar surface area (TPSA) is 71.3 Å². The maximum atomic E-state index is 13.1. The Kier molecular flexibility index (Phi) is 4.96. The zero-order chi connectivity index (χ0) is 21.5. The summed E-state index contributed by atoms with van der Waals surface area (Å²) in [6.07, 6.45) is 3.98. The van der Waals surface area contributed by atoms with Gasteiger partial charge in [-0.3, -0.25) is 14.3 Å². The van der Waals surface area contributed by atoms with Crippen LogP contribution in [0.3, 0.4) is 0 Å². The fraction of sp³-hybridized carbons (Fsp3) is 0.417. The minimum absolute atomic E-state index is 0.00418. The van der Waals surface area contributed by atoms with E-state index >= 15 is 0 Å². The van der Waals surface area contributed by atoms with Crippen LogP contribution in [0.5, 0.6) is 0 Å². The molecule has 0 radical (unpaired) electrons. The van der Waals surface area contributed by atoms with E-state index in [1.807, 2.05) is 35.9 Å². The van der Waals surface area contributed by atoms with Gasteiger partial charge in [-0.15, -0.1) is 0 Å². The van der Waals surface area contributed by atoms with Crippen LogP contribution < -0.4 is 0 Å². The third-order valence-corrected chi connectivity index (χ3v) is 6.68. The Bertz CT molecular complexity index is 1160. The third-order valence-electron chi connectivity index (χ3n) is 6.68. The summed E-state index contributed by atoms with van der Waals surface area (Å²) in [5.74, 6) is 0.210. The standard InChI is InChI=1S/C24H27N5O2/c1-16-21-13-20(14-25-22(21)27(2)26-16)24(31)28-10-8-18(9-11-28)23(30)29-12-7-17-5-3-4-6-19(17)15-29/h3-6,13-14,18H,7-12,15H2,1-2H3. The van der Waals surface area contributed by atoms with Gasteiger partial charge in [-0.1, -0.05) is 24.3 Å². The normalized spacial score (nSPS) is 17.1. The molecule has 0 aliphatic carbocycles. The number of nitrogens with zero attached hydrogens (tertiary/aromatic N) is 5. The van der Waals surface area contributed by atoms with E-state index in [1.54, 1.807) is 10.9 Å². The number of benzene rings is 1. The molecule has 4 heterocycles. The number of hydrogen-bond donors (Lipinski definition) is 0. The Hall–Kier alpha value is -3.22. The van der Waals surface area contributed by atoms with Gasteiger partial charge < -0.3 is 9.80 Å². The molecule has 1 fully saturated rings. The van der Waals surface area contributed by atoms with Crippen molar-refractivity contribution >= 4 is 22.8 Å². The van der Waals surface area contributed by atoms with Crippen LogP contribution in [0, 0.1) is 12.8 Å². The zero-order valence-corrected chi connectivity index (χ0v) is 18.0. The second-order valence-corrected chi connectivity index (χ2v) is 8.65. The van der Waals surface area contributed by atoms with Gasteiger partial charge in [0.25, 0.3) is 5.91 Å². The van der Waals surface area contributed by atoms with E-state index in [0.29, 0.717) is 38.0 Å². The molecule has 5 rings (SSSR count).